The Hall–Kier alpha value is -3.51. The van der Waals surface area contributed by atoms with E-state index >= 15 is 0 Å². The highest BCUT2D eigenvalue weighted by atomic mass is 35.5. The second kappa shape index (κ2) is 14.4. The van der Waals surface area contributed by atoms with Crippen molar-refractivity contribution in [3.63, 3.8) is 0 Å². The molecular weight excluding hydrogens is 596 g/mol. The van der Waals surface area contributed by atoms with Gasteiger partial charge in [0, 0.05) is 22.5 Å². The topological polar surface area (TPSA) is 104 Å². The number of alkyl halides is 5. The lowest BCUT2D eigenvalue weighted by Crippen LogP contribution is -2.59. The average Bonchev–Trinajstić information content (AvgIpc) is 2.87. The third kappa shape index (κ3) is 10.8. The van der Waals surface area contributed by atoms with E-state index in [2.05, 4.69) is 10.6 Å². The van der Waals surface area contributed by atoms with Crippen LogP contribution >= 0.6 is 23.2 Å². The van der Waals surface area contributed by atoms with Crippen LogP contribution in [-0.2, 0) is 25.6 Å². The Morgan fingerprint density at radius 2 is 1.49 bits per heavy atom. The maximum atomic E-state index is 14.5. The number of hydrogen-bond donors (Lipinski definition) is 3. The molecule has 7 nitrogen and oxygen atoms in total. The molecule has 0 aliphatic carbocycles. The van der Waals surface area contributed by atoms with Gasteiger partial charge in [-0.3, -0.25) is 19.2 Å². The molecule has 2 aromatic rings. The van der Waals surface area contributed by atoms with Gasteiger partial charge in [0.25, 0.3) is 5.91 Å². The van der Waals surface area contributed by atoms with Gasteiger partial charge in [-0.15, -0.1) is 0 Å². The van der Waals surface area contributed by atoms with Crippen LogP contribution in [0.25, 0.3) is 6.08 Å². The number of benzene rings is 2. The summed E-state index contributed by atoms with van der Waals surface area (Å²) >= 11 is 11.9. The standard InChI is InChI=1S/C27H26Cl2F5N3O4/c1-15(2)22(23(39)27(33,34)25(41)35-14-26(30,31)32)37-24(40)20(12-16-6-4-3-5-7-16)36-21(38)9-8-17-10-18(28)13-19(29)11-17/h3-11,13,15,20,22H,12,14H2,1-2H3,(H,35,41)(H,36,38)(H,37,40)/b9-8+. The minimum absolute atomic E-state index is 0.114. The van der Waals surface area contributed by atoms with Crippen LogP contribution in [-0.4, -0.2) is 54.2 Å². The number of halogens is 7. The molecule has 2 atom stereocenters. The van der Waals surface area contributed by atoms with E-state index in [0.29, 0.717) is 21.2 Å². The Morgan fingerprint density at radius 3 is 2.02 bits per heavy atom. The number of ketones is 1. The normalized spacial score (nSPS) is 13.5. The summed E-state index contributed by atoms with van der Waals surface area (Å²) in [5.41, 5.74) is 1.04. The van der Waals surface area contributed by atoms with Crippen molar-refractivity contribution >= 4 is 52.8 Å². The van der Waals surface area contributed by atoms with E-state index in [4.69, 9.17) is 23.2 Å². The number of Topliss-reactive ketones (excluding diaryl/α,β-unsaturated/α-hetero) is 1. The summed E-state index contributed by atoms with van der Waals surface area (Å²) in [5.74, 6) is -12.3. The number of carbonyl (C=O) groups excluding carboxylic acids is 4. The largest absolute Gasteiger partial charge is 0.405 e. The van der Waals surface area contributed by atoms with Gasteiger partial charge in [0.1, 0.15) is 12.6 Å². The summed E-state index contributed by atoms with van der Waals surface area (Å²) in [6, 6.07) is 9.48. The van der Waals surface area contributed by atoms with Gasteiger partial charge in [-0.1, -0.05) is 67.4 Å². The third-order valence-electron chi connectivity index (χ3n) is 5.52. The van der Waals surface area contributed by atoms with E-state index in [-0.39, 0.29) is 6.42 Å². The Morgan fingerprint density at radius 1 is 0.902 bits per heavy atom. The van der Waals surface area contributed by atoms with E-state index in [1.807, 2.05) is 0 Å². The van der Waals surface area contributed by atoms with Crippen molar-refractivity contribution in [2.24, 2.45) is 5.92 Å². The SMILES string of the molecule is CC(C)C(NC(=O)C(Cc1ccccc1)NC(=O)/C=C/c1cc(Cl)cc(Cl)c1)C(=O)C(F)(F)C(=O)NCC(F)(F)F. The summed E-state index contributed by atoms with van der Waals surface area (Å²) in [4.78, 5) is 50.2. The summed E-state index contributed by atoms with van der Waals surface area (Å²) in [7, 11) is 0. The molecule has 3 N–H and O–H groups in total. The van der Waals surface area contributed by atoms with E-state index in [1.165, 1.54) is 38.1 Å². The molecule has 3 amide bonds. The molecule has 0 spiro atoms. The first-order valence-corrected chi connectivity index (χ1v) is 12.8. The molecule has 0 heterocycles. The Balaban J connectivity index is 2.25. The zero-order valence-corrected chi connectivity index (χ0v) is 23.2. The van der Waals surface area contributed by atoms with Gasteiger partial charge in [-0.05, 0) is 41.3 Å². The van der Waals surface area contributed by atoms with Crippen LogP contribution in [0, 0.1) is 5.92 Å². The molecule has 0 radical (unpaired) electrons. The highest BCUT2D eigenvalue weighted by molar-refractivity contribution is 6.34. The molecule has 222 valence electrons. The predicted octanol–water partition coefficient (Wildman–Crippen LogP) is 4.76. The van der Waals surface area contributed by atoms with Crippen LogP contribution < -0.4 is 16.0 Å². The Labute approximate surface area is 242 Å². The lowest BCUT2D eigenvalue weighted by atomic mass is 9.94. The van der Waals surface area contributed by atoms with E-state index in [0.717, 1.165) is 11.4 Å². The fourth-order valence-corrected chi connectivity index (χ4v) is 4.05. The lowest BCUT2D eigenvalue weighted by Gasteiger charge is -2.27. The predicted molar refractivity (Wildman–Crippen MR) is 143 cm³/mol. The smallest absolute Gasteiger partial charge is 0.344 e. The molecule has 0 bridgehead atoms. The van der Waals surface area contributed by atoms with E-state index < -0.39 is 60.1 Å². The molecule has 0 aliphatic heterocycles. The number of amides is 3. The number of hydrogen-bond acceptors (Lipinski definition) is 4. The summed E-state index contributed by atoms with van der Waals surface area (Å²) < 4.78 is 66.2. The summed E-state index contributed by atoms with van der Waals surface area (Å²) in [6.45, 7) is 0.500. The fraction of sp³-hybridized carbons (Fsp3) is 0.333. The van der Waals surface area contributed by atoms with E-state index in [9.17, 15) is 41.1 Å². The van der Waals surface area contributed by atoms with Crippen molar-refractivity contribution in [1.29, 1.82) is 0 Å². The van der Waals surface area contributed by atoms with Crippen molar-refractivity contribution in [3.8, 4) is 0 Å². The second-order valence-electron chi connectivity index (χ2n) is 9.25. The molecular formula is C27H26Cl2F5N3O4. The number of carbonyl (C=O) groups is 4. The zero-order valence-electron chi connectivity index (χ0n) is 21.7. The fourth-order valence-electron chi connectivity index (χ4n) is 3.51. The highest BCUT2D eigenvalue weighted by Gasteiger charge is 2.52. The van der Waals surface area contributed by atoms with Crippen LogP contribution in [0.3, 0.4) is 0 Å². The third-order valence-corrected chi connectivity index (χ3v) is 5.96. The van der Waals surface area contributed by atoms with Crippen LogP contribution in [0.2, 0.25) is 10.0 Å². The monoisotopic (exact) mass is 621 g/mol. The van der Waals surface area contributed by atoms with Gasteiger partial charge in [0.05, 0.1) is 6.04 Å². The first kappa shape index (κ1) is 33.7. The van der Waals surface area contributed by atoms with Gasteiger partial charge < -0.3 is 16.0 Å². The van der Waals surface area contributed by atoms with Gasteiger partial charge in [0.2, 0.25) is 17.6 Å². The van der Waals surface area contributed by atoms with Crippen LogP contribution in [0.1, 0.15) is 25.0 Å². The Kier molecular flexibility index (Phi) is 11.8. The molecule has 0 fully saturated rings. The van der Waals surface area contributed by atoms with Crippen molar-refractivity contribution in [3.05, 3.63) is 75.8 Å². The number of nitrogens with one attached hydrogen (secondary N) is 3. The van der Waals surface area contributed by atoms with Crippen LogP contribution in [0.4, 0.5) is 22.0 Å². The van der Waals surface area contributed by atoms with Crippen molar-refractivity contribution < 1.29 is 41.1 Å². The molecule has 0 aliphatic rings. The van der Waals surface area contributed by atoms with E-state index in [1.54, 1.807) is 30.3 Å². The molecule has 14 heteroatoms. The average molecular weight is 622 g/mol. The van der Waals surface area contributed by atoms with Crippen molar-refractivity contribution in [2.75, 3.05) is 6.54 Å². The quantitative estimate of drug-likeness (QED) is 0.181. The second-order valence-corrected chi connectivity index (χ2v) is 10.1. The zero-order chi connectivity index (χ0) is 31.0. The van der Waals surface area contributed by atoms with Crippen molar-refractivity contribution in [1.82, 2.24) is 16.0 Å². The molecule has 2 rings (SSSR count). The van der Waals surface area contributed by atoms with Gasteiger partial charge in [-0.2, -0.15) is 22.0 Å². The first-order valence-electron chi connectivity index (χ1n) is 12.1. The lowest BCUT2D eigenvalue weighted by molar-refractivity contribution is -0.165. The highest BCUT2D eigenvalue weighted by Crippen LogP contribution is 2.22. The molecule has 0 saturated carbocycles. The van der Waals surface area contributed by atoms with Crippen LogP contribution in [0.5, 0.6) is 0 Å². The van der Waals surface area contributed by atoms with Crippen LogP contribution in [0.15, 0.2) is 54.6 Å². The Bertz CT molecular complexity index is 1270. The maximum absolute atomic E-state index is 14.5. The molecule has 0 saturated heterocycles. The van der Waals surface area contributed by atoms with Crippen molar-refractivity contribution in [2.45, 2.75) is 44.5 Å². The van der Waals surface area contributed by atoms with Gasteiger partial charge in [-0.25, -0.2) is 0 Å². The summed E-state index contributed by atoms with van der Waals surface area (Å²) in [5, 5.41) is 6.16. The summed E-state index contributed by atoms with van der Waals surface area (Å²) in [6.07, 6.45) is -2.66. The minimum atomic E-state index is -4.99. The number of rotatable bonds is 12. The van der Waals surface area contributed by atoms with Gasteiger partial charge in [0.15, 0.2) is 0 Å². The molecule has 41 heavy (non-hydrogen) atoms. The minimum Gasteiger partial charge on any atom is -0.344 e. The molecule has 2 unspecified atom stereocenters. The molecule has 0 aromatic heterocycles. The maximum Gasteiger partial charge on any atom is 0.405 e. The van der Waals surface area contributed by atoms with Gasteiger partial charge >= 0.3 is 12.1 Å². The first-order chi connectivity index (χ1) is 19.0. The molecule has 2 aromatic carbocycles.